The Morgan fingerprint density at radius 1 is 0.938 bits per heavy atom. The summed E-state index contributed by atoms with van der Waals surface area (Å²) in [5, 5.41) is 0.993. The zero-order valence-corrected chi connectivity index (χ0v) is 9.91. The largest absolute Gasteiger partial charge is 0.237 e. The van der Waals surface area contributed by atoms with Crippen molar-refractivity contribution >= 4 is 35.4 Å². The minimum absolute atomic E-state index is 0.403. The van der Waals surface area contributed by atoms with Gasteiger partial charge in [0.2, 0.25) is 0 Å². The summed E-state index contributed by atoms with van der Waals surface area (Å²) in [6, 6.07) is 13.4. The van der Waals surface area contributed by atoms with E-state index in [9.17, 15) is 0 Å². The highest BCUT2D eigenvalue weighted by molar-refractivity contribution is 6.34. The Morgan fingerprint density at radius 3 is 2.38 bits per heavy atom. The monoisotopic (exact) mass is 249 g/mol. The van der Waals surface area contributed by atoms with Crippen LogP contribution in [0.1, 0.15) is 11.3 Å². The van der Waals surface area contributed by atoms with Gasteiger partial charge < -0.3 is 0 Å². The van der Waals surface area contributed by atoms with Gasteiger partial charge in [-0.3, -0.25) is 0 Å². The highest BCUT2D eigenvalue weighted by atomic mass is 35.5. The lowest BCUT2D eigenvalue weighted by Gasteiger charge is -1.96. The molecule has 0 amide bonds. The van der Waals surface area contributed by atoms with Crippen LogP contribution < -0.4 is 0 Å². The summed E-state index contributed by atoms with van der Waals surface area (Å²) in [5.41, 5.74) is 1.86. The summed E-state index contributed by atoms with van der Waals surface area (Å²) >= 11 is 11.7. The van der Waals surface area contributed by atoms with E-state index in [1.807, 2.05) is 42.5 Å². The molecule has 0 saturated carbocycles. The third-order valence-electron chi connectivity index (χ3n) is 2.02. The van der Waals surface area contributed by atoms with Crippen LogP contribution in [0.2, 0.25) is 10.2 Å². The van der Waals surface area contributed by atoms with Gasteiger partial charge >= 0.3 is 0 Å². The molecule has 0 aliphatic carbocycles. The molecule has 16 heavy (non-hydrogen) atoms. The molecule has 0 fully saturated rings. The second kappa shape index (κ2) is 5.15. The number of hydrogen-bond acceptors (Lipinski definition) is 1. The van der Waals surface area contributed by atoms with Crippen molar-refractivity contribution in [3.8, 4) is 0 Å². The van der Waals surface area contributed by atoms with Crippen LogP contribution in [0.4, 0.5) is 0 Å². The molecule has 2 rings (SSSR count). The molecular weight excluding hydrogens is 241 g/mol. The van der Waals surface area contributed by atoms with Gasteiger partial charge in [-0.2, -0.15) is 0 Å². The van der Waals surface area contributed by atoms with Crippen LogP contribution in [-0.4, -0.2) is 4.98 Å². The van der Waals surface area contributed by atoms with Gasteiger partial charge in [0.1, 0.15) is 5.15 Å². The Kier molecular flexibility index (Phi) is 3.60. The van der Waals surface area contributed by atoms with E-state index in [4.69, 9.17) is 23.2 Å². The average Bonchev–Trinajstić information content (AvgIpc) is 2.27. The van der Waals surface area contributed by atoms with E-state index in [0.717, 1.165) is 11.3 Å². The highest BCUT2D eigenvalue weighted by Crippen LogP contribution is 2.17. The number of aromatic nitrogens is 1. The zero-order chi connectivity index (χ0) is 11.4. The van der Waals surface area contributed by atoms with Crippen LogP contribution in [0.25, 0.3) is 12.2 Å². The van der Waals surface area contributed by atoms with E-state index in [-0.39, 0.29) is 0 Å². The van der Waals surface area contributed by atoms with Gasteiger partial charge in [-0.1, -0.05) is 59.6 Å². The van der Waals surface area contributed by atoms with Gasteiger partial charge in [-0.25, -0.2) is 4.98 Å². The normalized spacial score (nSPS) is 10.9. The molecule has 0 N–H and O–H groups in total. The molecule has 1 aromatic heterocycles. The molecular formula is C13H9Cl2N. The summed E-state index contributed by atoms with van der Waals surface area (Å²) in [5.74, 6) is 0. The van der Waals surface area contributed by atoms with E-state index < -0.39 is 0 Å². The summed E-state index contributed by atoms with van der Waals surface area (Å²) < 4.78 is 0. The maximum absolute atomic E-state index is 5.87. The van der Waals surface area contributed by atoms with Crippen molar-refractivity contribution in [2.24, 2.45) is 0 Å². The quantitative estimate of drug-likeness (QED) is 0.712. The summed E-state index contributed by atoms with van der Waals surface area (Å²) in [4.78, 5) is 4.14. The van der Waals surface area contributed by atoms with Crippen molar-refractivity contribution in [2.75, 3.05) is 0 Å². The van der Waals surface area contributed by atoms with Crippen molar-refractivity contribution in [1.29, 1.82) is 0 Å². The summed E-state index contributed by atoms with van der Waals surface area (Å²) in [7, 11) is 0. The molecule has 0 radical (unpaired) electrons. The first-order valence-corrected chi connectivity index (χ1v) is 5.56. The smallest absolute Gasteiger partial charge is 0.131 e. The molecule has 0 aliphatic rings. The second-order valence-electron chi connectivity index (χ2n) is 3.28. The first-order valence-electron chi connectivity index (χ1n) is 4.80. The topological polar surface area (TPSA) is 12.9 Å². The standard InChI is InChI=1S/C13H9Cl2N/c14-11-8-12(16-13(15)9-11)7-6-10-4-2-1-3-5-10/h1-9H. The fourth-order valence-electron chi connectivity index (χ4n) is 1.32. The first kappa shape index (κ1) is 11.2. The van der Waals surface area contributed by atoms with Crippen LogP contribution >= 0.6 is 23.2 Å². The number of nitrogens with zero attached hydrogens (tertiary/aromatic N) is 1. The lowest BCUT2D eigenvalue weighted by Crippen LogP contribution is -1.81. The minimum Gasteiger partial charge on any atom is -0.237 e. The Hall–Kier alpha value is -1.31. The van der Waals surface area contributed by atoms with E-state index in [2.05, 4.69) is 4.98 Å². The molecule has 3 heteroatoms. The van der Waals surface area contributed by atoms with Crippen molar-refractivity contribution in [3.63, 3.8) is 0 Å². The van der Waals surface area contributed by atoms with E-state index in [1.54, 1.807) is 12.1 Å². The fraction of sp³-hybridized carbons (Fsp3) is 0. The molecule has 0 atom stereocenters. The molecule has 0 aliphatic heterocycles. The maximum Gasteiger partial charge on any atom is 0.131 e. The van der Waals surface area contributed by atoms with Crippen LogP contribution in [0.3, 0.4) is 0 Å². The van der Waals surface area contributed by atoms with Crippen LogP contribution in [0.15, 0.2) is 42.5 Å². The third-order valence-corrected chi connectivity index (χ3v) is 2.44. The van der Waals surface area contributed by atoms with Crippen LogP contribution in [-0.2, 0) is 0 Å². The average molecular weight is 250 g/mol. The number of halogens is 2. The Labute approximate surface area is 104 Å². The van der Waals surface area contributed by atoms with Gasteiger partial charge in [0.15, 0.2) is 0 Å². The summed E-state index contributed by atoms with van der Waals surface area (Å²) in [6.07, 6.45) is 3.85. The van der Waals surface area contributed by atoms with Crippen molar-refractivity contribution in [3.05, 3.63) is 63.9 Å². The van der Waals surface area contributed by atoms with Crippen LogP contribution in [0, 0.1) is 0 Å². The number of pyridine rings is 1. The van der Waals surface area contributed by atoms with Crippen molar-refractivity contribution in [1.82, 2.24) is 4.98 Å². The summed E-state index contributed by atoms with van der Waals surface area (Å²) in [6.45, 7) is 0. The molecule has 2 aromatic rings. The predicted molar refractivity (Wildman–Crippen MR) is 69.6 cm³/mol. The van der Waals surface area contributed by atoms with Gasteiger partial charge in [-0.15, -0.1) is 0 Å². The van der Waals surface area contributed by atoms with Crippen molar-refractivity contribution < 1.29 is 0 Å². The van der Waals surface area contributed by atoms with E-state index in [1.165, 1.54) is 0 Å². The SMILES string of the molecule is Clc1cc(Cl)nc(C=Cc2ccccc2)c1. The molecule has 1 aromatic carbocycles. The Bertz CT molecular complexity index is 486. The Balaban J connectivity index is 2.24. The highest BCUT2D eigenvalue weighted by Gasteiger charge is 1.96. The number of rotatable bonds is 2. The number of benzene rings is 1. The lowest BCUT2D eigenvalue weighted by atomic mass is 10.2. The van der Waals surface area contributed by atoms with E-state index >= 15 is 0 Å². The third kappa shape index (κ3) is 3.09. The maximum atomic E-state index is 5.87. The fourth-order valence-corrected chi connectivity index (χ4v) is 1.80. The molecule has 1 nitrogen and oxygen atoms in total. The predicted octanol–water partition coefficient (Wildman–Crippen LogP) is 4.56. The van der Waals surface area contributed by atoms with Gasteiger partial charge in [0, 0.05) is 5.02 Å². The molecule has 0 unspecified atom stereocenters. The molecule has 0 bridgehead atoms. The van der Waals surface area contributed by atoms with Crippen molar-refractivity contribution in [2.45, 2.75) is 0 Å². The first-order chi connectivity index (χ1) is 7.74. The van der Waals surface area contributed by atoms with Gasteiger partial charge in [0.05, 0.1) is 5.69 Å². The molecule has 0 spiro atoms. The molecule has 0 saturated heterocycles. The van der Waals surface area contributed by atoms with Crippen LogP contribution in [0.5, 0.6) is 0 Å². The number of hydrogen-bond donors (Lipinski definition) is 0. The second-order valence-corrected chi connectivity index (χ2v) is 4.10. The lowest BCUT2D eigenvalue weighted by molar-refractivity contribution is 1.30. The zero-order valence-electron chi connectivity index (χ0n) is 8.40. The van der Waals surface area contributed by atoms with Gasteiger partial charge in [0.25, 0.3) is 0 Å². The van der Waals surface area contributed by atoms with Gasteiger partial charge in [-0.05, 0) is 23.8 Å². The minimum atomic E-state index is 0.403. The molecule has 1 heterocycles. The Morgan fingerprint density at radius 2 is 1.69 bits per heavy atom. The van der Waals surface area contributed by atoms with E-state index in [0.29, 0.717) is 10.2 Å². The molecule has 80 valence electrons.